The molecule has 0 heterocycles. The van der Waals surface area contributed by atoms with E-state index in [9.17, 15) is 4.79 Å². The van der Waals surface area contributed by atoms with Gasteiger partial charge in [-0.15, -0.1) is 0 Å². The normalized spacial score (nSPS) is 10.6. The molecule has 1 aromatic carbocycles. The summed E-state index contributed by atoms with van der Waals surface area (Å²) in [6.45, 7) is 9.68. The highest BCUT2D eigenvalue weighted by Gasteiger charge is 2.20. The maximum Gasteiger partial charge on any atom is 0.256 e. The maximum atomic E-state index is 12.7. The minimum atomic E-state index is 0.0373. The summed E-state index contributed by atoms with van der Waals surface area (Å²) < 4.78 is 0. The molecule has 0 aliphatic carbocycles. The van der Waals surface area contributed by atoms with E-state index >= 15 is 0 Å². The predicted molar refractivity (Wildman–Crippen MR) is 82.1 cm³/mol. The van der Waals surface area contributed by atoms with Crippen molar-refractivity contribution in [3.63, 3.8) is 0 Å². The number of nitrogens with zero attached hydrogens (tertiary/aromatic N) is 1. The number of carbonyl (C=O) groups is 1. The lowest BCUT2D eigenvalue weighted by molar-refractivity contribution is 0.0707. The summed E-state index contributed by atoms with van der Waals surface area (Å²) in [6.07, 6.45) is 0.945. The Bertz CT molecular complexity index is 432. The number of benzene rings is 1. The summed E-state index contributed by atoms with van der Waals surface area (Å²) in [5, 5.41) is 3.80. The van der Waals surface area contributed by atoms with E-state index in [1.807, 2.05) is 31.7 Å². The van der Waals surface area contributed by atoms with Crippen LogP contribution in [0.25, 0.3) is 0 Å². The van der Waals surface area contributed by atoms with Crippen LogP contribution in [0.1, 0.15) is 44.5 Å². The molecule has 0 spiro atoms. The number of hydrogen-bond acceptors (Lipinski definition) is 2. The highest BCUT2D eigenvalue weighted by atomic mass is 35.5. The fourth-order valence-corrected chi connectivity index (χ4v) is 2.20. The van der Waals surface area contributed by atoms with Crippen molar-refractivity contribution in [1.29, 1.82) is 0 Å². The zero-order chi connectivity index (χ0) is 14.4. The fourth-order valence-electron chi connectivity index (χ4n) is 2.03. The van der Waals surface area contributed by atoms with Gasteiger partial charge in [-0.1, -0.05) is 18.5 Å². The summed E-state index contributed by atoms with van der Waals surface area (Å²) in [7, 11) is 0. The van der Waals surface area contributed by atoms with Crippen LogP contribution in [0.2, 0.25) is 5.02 Å². The first-order chi connectivity index (χ1) is 9.01. The minimum absolute atomic E-state index is 0.0373. The third-order valence-corrected chi connectivity index (χ3v) is 3.16. The first-order valence-electron chi connectivity index (χ1n) is 6.85. The summed E-state index contributed by atoms with van der Waals surface area (Å²) in [5.74, 6) is 0.0373. The van der Waals surface area contributed by atoms with Crippen LogP contribution in [-0.4, -0.2) is 29.9 Å². The lowest BCUT2D eigenvalue weighted by Crippen LogP contribution is -2.37. The van der Waals surface area contributed by atoms with E-state index in [0.717, 1.165) is 25.2 Å². The molecule has 1 aromatic rings. The van der Waals surface area contributed by atoms with Crippen LogP contribution in [-0.2, 0) is 0 Å². The van der Waals surface area contributed by atoms with Crippen molar-refractivity contribution in [2.75, 3.05) is 18.4 Å². The molecule has 19 heavy (non-hydrogen) atoms. The van der Waals surface area contributed by atoms with Crippen molar-refractivity contribution < 1.29 is 4.79 Å². The van der Waals surface area contributed by atoms with E-state index in [1.165, 1.54) is 0 Å². The van der Waals surface area contributed by atoms with Gasteiger partial charge in [-0.05, 0) is 45.4 Å². The Labute approximate surface area is 120 Å². The van der Waals surface area contributed by atoms with Gasteiger partial charge in [-0.25, -0.2) is 0 Å². The van der Waals surface area contributed by atoms with E-state index in [4.69, 9.17) is 11.6 Å². The smallest absolute Gasteiger partial charge is 0.256 e. The van der Waals surface area contributed by atoms with Crippen molar-refractivity contribution in [2.24, 2.45) is 0 Å². The Balaban J connectivity index is 3.11. The summed E-state index contributed by atoms with van der Waals surface area (Å²) in [4.78, 5) is 14.5. The maximum absolute atomic E-state index is 12.7. The Morgan fingerprint density at radius 1 is 1.37 bits per heavy atom. The molecule has 0 atom stereocenters. The zero-order valence-electron chi connectivity index (χ0n) is 12.2. The molecule has 1 N–H and O–H groups in total. The molecule has 0 fully saturated rings. The topological polar surface area (TPSA) is 32.3 Å². The van der Waals surface area contributed by atoms with Gasteiger partial charge >= 0.3 is 0 Å². The van der Waals surface area contributed by atoms with Crippen LogP contribution >= 0.6 is 11.6 Å². The number of nitrogens with one attached hydrogen (secondary N) is 1. The van der Waals surface area contributed by atoms with Crippen molar-refractivity contribution in [2.45, 2.75) is 40.2 Å². The lowest BCUT2D eigenvalue weighted by atomic mass is 10.1. The lowest BCUT2D eigenvalue weighted by Gasteiger charge is -2.27. The number of amides is 1. The molecule has 0 unspecified atom stereocenters. The van der Waals surface area contributed by atoms with Crippen LogP contribution in [0.5, 0.6) is 0 Å². The first-order valence-corrected chi connectivity index (χ1v) is 7.23. The van der Waals surface area contributed by atoms with Gasteiger partial charge in [0.1, 0.15) is 0 Å². The molecule has 0 saturated heterocycles. The first kappa shape index (κ1) is 15.8. The van der Waals surface area contributed by atoms with Crippen molar-refractivity contribution in [1.82, 2.24) is 4.90 Å². The average molecular weight is 283 g/mol. The molecule has 3 nitrogen and oxygen atoms in total. The highest BCUT2D eigenvalue weighted by molar-refractivity contribution is 6.31. The van der Waals surface area contributed by atoms with E-state index in [-0.39, 0.29) is 11.9 Å². The fraction of sp³-hybridized carbons (Fsp3) is 0.533. The Morgan fingerprint density at radius 2 is 2.05 bits per heavy atom. The second-order valence-electron chi connectivity index (χ2n) is 4.81. The van der Waals surface area contributed by atoms with Gasteiger partial charge in [-0.3, -0.25) is 4.79 Å². The molecule has 106 valence electrons. The van der Waals surface area contributed by atoms with Gasteiger partial charge in [0.25, 0.3) is 5.91 Å². The largest absolute Gasteiger partial charge is 0.385 e. The number of halogens is 1. The molecule has 4 heteroatoms. The Kier molecular flexibility index (Phi) is 6.16. The summed E-state index contributed by atoms with van der Waals surface area (Å²) in [5.41, 5.74) is 1.50. The Morgan fingerprint density at radius 3 is 2.58 bits per heavy atom. The Hall–Kier alpha value is -1.22. The molecule has 0 aliphatic rings. The van der Waals surface area contributed by atoms with Crippen LogP contribution in [0.4, 0.5) is 5.69 Å². The van der Waals surface area contributed by atoms with Crippen molar-refractivity contribution in [3.05, 3.63) is 28.8 Å². The average Bonchev–Trinajstić information content (AvgIpc) is 2.37. The zero-order valence-corrected chi connectivity index (χ0v) is 12.9. The van der Waals surface area contributed by atoms with Crippen LogP contribution in [0.15, 0.2) is 18.2 Å². The second kappa shape index (κ2) is 7.39. The molecular weight excluding hydrogens is 260 g/mol. The molecule has 1 amide bonds. The van der Waals surface area contributed by atoms with E-state index in [1.54, 1.807) is 12.1 Å². The number of hydrogen-bond donors (Lipinski definition) is 1. The van der Waals surface area contributed by atoms with E-state index in [0.29, 0.717) is 10.6 Å². The number of rotatable bonds is 6. The van der Waals surface area contributed by atoms with Gasteiger partial charge in [0.2, 0.25) is 0 Å². The molecule has 0 aliphatic heterocycles. The van der Waals surface area contributed by atoms with Crippen LogP contribution in [0, 0.1) is 0 Å². The van der Waals surface area contributed by atoms with Crippen LogP contribution in [0.3, 0.4) is 0 Å². The molecule has 0 bridgehead atoms. The molecular formula is C15H23ClN2O. The predicted octanol–water partition coefficient (Wildman–Crippen LogP) is 4.03. The molecule has 0 radical (unpaired) electrons. The third kappa shape index (κ3) is 4.13. The van der Waals surface area contributed by atoms with Gasteiger partial charge in [0, 0.05) is 29.8 Å². The number of anilines is 1. The van der Waals surface area contributed by atoms with Gasteiger partial charge < -0.3 is 10.2 Å². The molecule has 0 saturated carbocycles. The SMILES string of the molecule is CCCN(C(=O)c1cc(Cl)ccc1NCC)C(C)C. The standard InChI is InChI=1S/C15H23ClN2O/c1-5-9-18(11(3)4)15(19)13-10-12(16)7-8-14(13)17-6-2/h7-8,10-11,17H,5-6,9H2,1-4H3. The summed E-state index contributed by atoms with van der Waals surface area (Å²) >= 11 is 6.02. The minimum Gasteiger partial charge on any atom is -0.385 e. The van der Waals surface area contributed by atoms with Gasteiger partial charge in [0.05, 0.1) is 5.56 Å². The van der Waals surface area contributed by atoms with Gasteiger partial charge in [0.15, 0.2) is 0 Å². The highest BCUT2D eigenvalue weighted by Crippen LogP contribution is 2.23. The van der Waals surface area contributed by atoms with Crippen molar-refractivity contribution >= 4 is 23.2 Å². The summed E-state index contributed by atoms with van der Waals surface area (Å²) in [6, 6.07) is 5.59. The number of carbonyl (C=O) groups excluding carboxylic acids is 1. The quantitative estimate of drug-likeness (QED) is 0.854. The van der Waals surface area contributed by atoms with Crippen LogP contribution < -0.4 is 5.32 Å². The molecule has 1 rings (SSSR count). The van der Waals surface area contributed by atoms with E-state index < -0.39 is 0 Å². The third-order valence-electron chi connectivity index (χ3n) is 2.93. The second-order valence-corrected chi connectivity index (χ2v) is 5.25. The molecule has 0 aromatic heterocycles. The monoisotopic (exact) mass is 282 g/mol. The van der Waals surface area contributed by atoms with Gasteiger partial charge in [-0.2, -0.15) is 0 Å². The van der Waals surface area contributed by atoms with E-state index in [2.05, 4.69) is 12.2 Å². The van der Waals surface area contributed by atoms with Crippen molar-refractivity contribution in [3.8, 4) is 0 Å².